The van der Waals surface area contributed by atoms with E-state index in [2.05, 4.69) is 4.98 Å². The number of aryl methyl sites for hydroxylation is 1. The van der Waals surface area contributed by atoms with Crippen molar-refractivity contribution in [3.05, 3.63) is 51.0 Å². The first-order chi connectivity index (χ1) is 11.0. The standard InChI is InChI=1S/C15H16N4O3S/c1-10-4-5-12(22-3)11(8-10)9-17(2)13-14(19(20)21)18-6-7-23-15(18)16-13/h4-8H,9H2,1-3H3. The number of ether oxygens (including phenoxy) is 1. The predicted molar refractivity (Wildman–Crippen MR) is 89.6 cm³/mol. The third kappa shape index (κ3) is 2.72. The van der Waals surface area contributed by atoms with Crippen LogP contribution in [0.2, 0.25) is 0 Å². The normalized spacial score (nSPS) is 10.9. The Balaban J connectivity index is 1.99. The number of nitro groups is 1. The number of aromatic nitrogens is 2. The fourth-order valence-electron chi connectivity index (χ4n) is 2.55. The zero-order valence-corrected chi connectivity index (χ0v) is 13.8. The van der Waals surface area contributed by atoms with E-state index in [4.69, 9.17) is 4.74 Å². The van der Waals surface area contributed by atoms with E-state index < -0.39 is 4.92 Å². The summed E-state index contributed by atoms with van der Waals surface area (Å²) in [6.07, 6.45) is 1.66. The molecule has 0 fully saturated rings. The van der Waals surface area contributed by atoms with Crippen molar-refractivity contribution < 1.29 is 9.66 Å². The second kappa shape index (κ2) is 5.88. The Bertz CT molecular complexity index is 871. The van der Waals surface area contributed by atoms with Gasteiger partial charge in [0.2, 0.25) is 5.82 Å². The first kappa shape index (κ1) is 15.3. The highest BCUT2D eigenvalue weighted by Gasteiger charge is 2.26. The maximum atomic E-state index is 11.4. The summed E-state index contributed by atoms with van der Waals surface area (Å²) in [4.78, 5) is 17.8. The van der Waals surface area contributed by atoms with E-state index in [0.717, 1.165) is 16.9 Å². The summed E-state index contributed by atoms with van der Waals surface area (Å²) in [5.41, 5.74) is 2.06. The molecular weight excluding hydrogens is 316 g/mol. The number of hydrogen-bond acceptors (Lipinski definition) is 6. The average Bonchev–Trinajstić information content (AvgIpc) is 3.07. The van der Waals surface area contributed by atoms with Gasteiger partial charge in [0.15, 0.2) is 0 Å². The molecule has 3 rings (SSSR count). The molecule has 0 saturated heterocycles. The van der Waals surface area contributed by atoms with Gasteiger partial charge in [-0.1, -0.05) is 29.0 Å². The summed E-state index contributed by atoms with van der Waals surface area (Å²) in [5, 5.41) is 13.2. The number of benzene rings is 1. The Morgan fingerprint density at radius 1 is 1.48 bits per heavy atom. The number of anilines is 1. The lowest BCUT2D eigenvalue weighted by atomic mass is 10.1. The van der Waals surface area contributed by atoms with Gasteiger partial charge in [-0.3, -0.25) is 0 Å². The number of nitrogens with zero attached hydrogens (tertiary/aromatic N) is 4. The van der Waals surface area contributed by atoms with Crippen LogP contribution in [0.5, 0.6) is 5.75 Å². The minimum Gasteiger partial charge on any atom is -0.496 e. The summed E-state index contributed by atoms with van der Waals surface area (Å²) in [5.74, 6) is 1.09. The summed E-state index contributed by atoms with van der Waals surface area (Å²) in [6, 6.07) is 5.88. The van der Waals surface area contributed by atoms with Crippen LogP contribution in [-0.2, 0) is 6.54 Å². The van der Waals surface area contributed by atoms with Crippen molar-refractivity contribution in [2.75, 3.05) is 19.1 Å². The Hall–Kier alpha value is -2.61. The lowest BCUT2D eigenvalue weighted by molar-refractivity contribution is -0.389. The van der Waals surface area contributed by atoms with Crippen LogP contribution < -0.4 is 9.64 Å². The molecule has 120 valence electrons. The van der Waals surface area contributed by atoms with Gasteiger partial charge in [0.25, 0.3) is 4.96 Å². The van der Waals surface area contributed by atoms with E-state index in [1.165, 1.54) is 15.7 Å². The highest BCUT2D eigenvalue weighted by Crippen LogP contribution is 2.32. The molecule has 0 bridgehead atoms. The Labute approximate surface area is 136 Å². The maximum Gasteiger partial charge on any atom is 0.373 e. The second-order valence-corrected chi connectivity index (χ2v) is 6.12. The number of thiazole rings is 1. The summed E-state index contributed by atoms with van der Waals surface area (Å²) < 4.78 is 6.88. The van der Waals surface area contributed by atoms with Crippen LogP contribution in [0.4, 0.5) is 11.6 Å². The van der Waals surface area contributed by atoms with Gasteiger partial charge in [0.05, 0.1) is 7.11 Å². The van der Waals surface area contributed by atoms with Gasteiger partial charge in [-0.15, -0.1) is 0 Å². The summed E-state index contributed by atoms with van der Waals surface area (Å²) >= 11 is 1.37. The molecule has 2 heterocycles. The molecule has 0 saturated carbocycles. The molecule has 0 atom stereocenters. The van der Waals surface area contributed by atoms with Crippen LogP contribution in [-0.4, -0.2) is 28.5 Å². The predicted octanol–water partition coefficient (Wildman–Crippen LogP) is 3.26. The number of hydrogen-bond donors (Lipinski definition) is 0. The van der Waals surface area contributed by atoms with Crippen molar-refractivity contribution in [3.8, 4) is 5.75 Å². The molecule has 0 amide bonds. The summed E-state index contributed by atoms with van der Waals surface area (Å²) in [6.45, 7) is 2.47. The van der Waals surface area contributed by atoms with E-state index >= 15 is 0 Å². The van der Waals surface area contributed by atoms with E-state index in [9.17, 15) is 10.1 Å². The Kier molecular flexibility index (Phi) is 3.91. The number of methoxy groups -OCH3 is 1. The zero-order valence-electron chi connectivity index (χ0n) is 13.0. The minimum atomic E-state index is -0.397. The van der Waals surface area contributed by atoms with Gasteiger partial charge in [-0.25, -0.2) is 0 Å². The van der Waals surface area contributed by atoms with E-state index in [1.54, 1.807) is 30.6 Å². The van der Waals surface area contributed by atoms with Crippen molar-refractivity contribution >= 4 is 27.9 Å². The fraction of sp³-hybridized carbons (Fsp3) is 0.267. The quantitative estimate of drug-likeness (QED) is 0.530. The average molecular weight is 332 g/mol. The molecular formula is C15H16N4O3S. The highest BCUT2D eigenvalue weighted by atomic mass is 32.1. The molecule has 0 aliphatic carbocycles. The van der Waals surface area contributed by atoms with Gasteiger partial charge >= 0.3 is 5.82 Å². The molecule has 1 aromatic carbocycles. The third-order valence-electron chi connectivity index (χ3n) is 3.60. The SMILES string of the molecule is COc1ccc(C)cc1CN(C)c1nc2sccn2c1[N+](=O)[O-]. The highest BCUT2D eigenvalue weighted by molar-refractivity contribution is 7.15. The summed E-state index contributed by atoms with van der Waals surface area (Å²) in [7, 11) is 3.41. The molecule has 0 spiro atoms. The van der Waals surface area contributed by atoms with Crippen molar-refractivity contribution in [2.45, 2.75) is 13.5 Å². The van der Waals surface area contributed by atoms with Crippen LogP contribution in [0.25, 0.3) is 4.96 Å². The first-order valence-corrected chi connectivity index (χ1v) is 7.84. The topological polar surface area (TPSA) is 72.9 Å². The molecule has 3 aromatic rings. The van der Waals surface area contributed by atoms with Gasteiger partial charge in [0.1, 0.15) is 11.9 Å². The third-order valence-corrected chi connectivity index (χ3v) is 4.35. The van der Waals surface area contributed by atoms with Crippen LogP contribution in [0.1, 0.15) is 11.1 Å². The lowest BCUT2D eigenvalue weighted by Crippen LogP contribution is -2.18. The smallest absolute Gasteiger partial charge is 0.373 e. The van der Waals surface area contributed by atoms with Crippen LogP contribution >= 0.6 is 11.3 Å². The second-order valence-electron chi connectivity index (χ2n) is 5.24. The van der Waals surface area contributed by atoms with Crippen LogP contribution in [0, 0.1) is 17.0 Å². The van der Waals surface area contributed by atoms with E-state index in [0.29, 0.717) is 17.3 Å². The van der Waals surface area contributed by atoms with Gasteiger partial charge < -0.3 is 19.8 Å². The van der Waals surface area contributed by atoms with Crippen molar-refractivity contribution in [1.29, 1.82) is 0 Å². The zero-order chi connectivity index (χ0) is 16.6. The Morgan fingerprint density at radius 2 is 2.26 bits per heavy atom. The molecule has 0 aliphatic heterocycles. The van der Waals surface area contributed by atoms with Crippen molar-refractivity contribution in [2.24, 2.45) is 0 Å². The molecule has 0 radical (unpaired) electrons. The minimum absolute atomic E-state index is 0.0182. The van der Waals surface area contributed by atoms with Crippen LogP contribution in [0.15, 0.2) is 29.8 Å². The molecule has 23 heavy (non-hydrogen) atoms. The maximum absolute atomic E-state index is 11.4. The van der Waals surface area contributed by atoms with Crippen LogP contribution in [0.3, 0.4) is 0 Å². The van der Waals surface area contributed by atoms with E-state index in [1.807, 2.05) is 25.1 Å². The number of imidazole rings is 1. The van der Waals surface area contributed by atoms with Gasteiger partial charge in [-0.2, -0.15) is 9.38 Å². The molecule has 0 N–H and O–H groups in total. The molecule has 0 aliphatic rings. The molecule has 7 nitrogen and oxygen atoms in total. The largest absolute Gasteiger partial charge is 0.496 e. The fourth-order valence-corrected chi connectivity index (χ4v) is 3.25. The Morgan fingerprint density at radius 3 is 2.96 bits per heavy atom. The molecule has 2 aromatic heterocycles. The lowest BCUT2D eigenvalue weighted by Gasteiger charge is -2.18. The first-order valence-electron chi connectivity index (χ1n) is 6.96. The number of fused-ring (bicyclic) bond motifs is 1. The molecule has 0 unspecified atom stereocenters. The van der Waals surface area contributed by atoms with Crippen molar-refractivity contribution in [1.82, 2.24) is 9.38 Å². The van der Waals surface area contributed by atoms with E-state index in [-0.39, 0.29) is 5.82 Å². The van der Waals surface area contributed by atoms with Gasteiger partial charge in [0, 0.05) is 24.5 Å². The van der Waals surface area contributed by atoms with Gasteiger partial charge in [-0.05, 0) is 17.9 Å². The van der Waals surface area contributed by atoms with Crippen molar-refractivity contribution in [3.63, 3.8) is 0 Å². The molecule has 8 heteroatoms. The number of rotatable bonds is 5. The monoisotopic (exact) mass is 332 g/mol.